The maximum atomic E-state index is 12.6. The van der Waals surface area contributed by atoms with Gasteiger partial charge in [-0.1, -0.05) is 18.2 Å². The van der Waals surface area contributed by atoms with Crippen LogP contribution in [0.4, 0.5) is 4.79 Å². The Hall–Kier alpha value is -2.11. The normalized spacial score (nSPS) is 16.3. The third kappa shape index (κ3) is 5.18. The molecule has 0 radical (unpaired) electrons. The van der Waals surface area contributed by atoms with Crippen LogP contribution >= 0.6 is 0 Å². The lowest BCUT2D eigenvalue weighted by atomic mass is 10.1. The minimum atomic E-state index is -3.55. The van der Waals surface area contributed by atoms with E-state index in [0.29, 0.717) is 11.1 Å². The summed E-state index contributed by atoms with van der Waals surface area (Å²) < 4.78 is 31.9. The van der Waals surface area contributed by atoms with E-state index in [9.17, 15) is 13.2 Å². The number of ether oxygens (including phenoxy) is 1. The maximum absolute atomic E-state index is 12.6. The molecule has 2 rings (SSSR count). The number of carbonyl (C=O) groups excluding carboxylic acids is 1. The van der Waals surface area contributed by atoms with Crippen LogP contribution < -0.4 is 0 Å². The third-order valence-corrected chi connectivity index (χ3v) is 5.59. The van der Waals surface area contributed by atoms with Crippen LogP contribution in [0.15, 0.2) is 24.3 Å². The van der Waals surface area contributed by atoms with E-state index in [4.69, 9.17) is 10.00 Å². The van der Waals surface area contributed by atoms with Gasteiger partial charge in [-0.05, 0) is 32.4 Å². The molecule has 0 atom stereocenters. The first-order chi connectivity index (χ1) is 11.6. The number of carbonyl (C=O) groups is 1. The van der Waals surface area contributed by atoms with E-state index in [1.165, 1.54) is 9.21 Å². The van der Waals surface area contributed by atoms with Crippen LogP contribution in [0.3, 0.4) is 0 Å². The van der Waals surface area contributed by atoms with E-state index < -0.39 is 21.7 Å². The molecule has 7 nitrogen and oxygen atoms in total. The van der Waals surface area contributed by atoms with Gasteiger partial charge in [-0.3, -0.25) is 0 Å². The highest BCUT2D eigenvalue weighted by Crippen LogP contribution is 2.18. The average molecular weight is 365 g/mol. The van der Waals surface area contributed by atoms with Gasteiger partial charge in [0.1, 0.15) is 5.60 Å². The van der Waals surface area contributed by atoms with Crippen LogP contribution in [0, 0.1) is 11.3 Å². The fraction of sp³-hybridized carbons (Fsp3) is 0.529. The highest BCUT2D eigenvalue weighted by atomic mass is 32.2. The largest absolute Gasteiger partial charge is 0.444 e. The number of nitriles is 1. The van der Waals surface area contributed by atoms with Gasteiger partial charge in [-0.2, -0.15) is 9.57 Å². The maximum Gasteiger partial charge on any atom is 0.410 e. The predicted molar refractivity (Wildman–Crippen MR) is 93.2 cm³/mol. The van der Waals surface area contributed by atoms with Gasteiger partial charge in [0.15, 0.2) is 0 Å². The Morgan fingerprint density at radius 2 is 1.80 bits per heavy atom. The topological polar surface area (TPSA) is 90.7 Å². The number of sulfonamides is 1. The molecule has 0 unspecified atom stereocenters. The second-order valence-corrected chi connectivity index (χ2v) is 8.86. The molecule has 1 heterocycles. The van der Waals surface area contributed by atoms with Gasteiger partial charge in [-0.25, -0.2) is 13.2 Å². The van der Waals surface area contributed by atoms with Gasteiger partial charge >= 0.3 is 6.09 Å². The molecule has 1 aromatic rings. The fourth-order valence-electron chi connectivity index (χ4n) is 2.52. The van der Waals surface area contributed by atoms with Crippen molar-refractivity contribution in [2.24, 2.45) is 0 Å². The Morgan fingerprint density at radius 1 is 1.20 bits per heavy atom. The van der Waals surface area contributed by atoms with Gasteiger partial charge in [-0.15, -0.1) is 0 Å². The van der Waals surface area contributed by atoms with Crippen LogP contribution in [-0.4, -0.2) is 55.5 Å². The molecule has 1 aliphatic rings. The molecule has 1 aromatic carbocycles. The summed E-state index contributed by atoms with van der Waals surface area (Å²) in [6, 6.07) is 8.68. The van der Waals surface area contributed by atoms with Gasteiger partial charge in [0, 0.05) is 26.2 Å². The average Bonchev–Trinajstić information content (AvgIpc) is 2.53. The van der Waals surface area contributed by atoms with Crippen LogP contribution in [0.1, 0.15) is 31.9 Å². The number of benzene rings is 1. The van der Waals surface area contributed by atoms with E-state index in [1.807, 2.05) is 6.07 Å². The van der Waals surface area contributed by atoms with Crippen LogP contribution in [0.25, 0.3) is 0 Å². The highest BCUT2D eigenvalue weighted by Gasteiger charge is 2.31. The van der Waals surface area contributed by atoms with Crippen molar-refractivity contribution in [2.45, 2.75) is 32.1 Å². The first-order valence-electron chi connectivity index (χ1n) is 8.06. The van der Waals surface area contributed by atoms with E-state index in [1.54, 1.807) is 45.0 Å². The fourth-order valence-corrected chi connectivity index (χ4v) is 4.07. The van der Waals surface area contributed by atoms with Crippen molar-refractivity contribution in [2.75, 3.05) is 26.2 Å². The highest BCUT2D eigenvalue weighted by molar-refractivity contribution is 7.88. The van der Waals surface area contributed by atoms with Gasteiger partial charge in [0.05, 0.1) is 17.4 Å². The van der Waals surface area contributed by atoms with Crippen molar-refractivity contribution >= 4 is 16.1 Å². The monoisotopic (exact) mass is 365 g/mol. The summed E-state index contributed by atoms with van der Waals surface area (Å²) in [6.07, 6.45) is -0.431. The Bertz CT molecular complexity index is 770. The minimum Gasteiger partial charge on any atom is -0.444 e. The molecular formula is C17H23N3O4S. The van der Waals surface area contributed by atoms with E-state index in [-0.39, 0.29) is 31.9 Å². The summed E-state index contributed by atoms with van der Waals surface area (Å²) in [4.78, 5) is 13.6. The predicted octanol–water partition coefficient (Wildman–Crippen LogP) is 1.94. The molecule has 0 bridgehead atoms. The Labute approximate surface area is 148 Å². The molecule has 0 aromatic heterocycles. The number of nitrogens with zero attached hydrogens (tertiary/aromatic N) is 3. The summed E-state index contributed by atoms with van der Waals surface area (Å²) in [5.74, 6) is -0.219. The molecule has 25 heavy (non-hydrogen) atoms. The standard InChI is InChI=1S/C17H23N3O4S/c1-17(2,3)24-16(21)19-8-10-20(11-9-19)25(22,23)13-15-7-5-4-6-14(15)12-18/h4-7H,8-11,13H2,1-3H3. The van der Waals surface area contributed by atoms with Crippen molar-refractivity contribution in [1.82, 2.24) is 9.21 Å². The number of hydrogen-bond donors (Lipinski definition) is 0. The van der Waals surface area contributed by atoms with Crippen LogP contribution in [0.5, 0.6) is 0 Å². The molecule has 0 spiro atoms. The minimum absolute atomic E-state index is 0.219. The molecule has 0 saturated carbocycles. The van der Waals surface area contributed by atoms with Gasteiger partial charge in [0.2, 0.25) is 10.0 Å². The van der Waals surface area contributed by atoms with E-state index in [0.717, 1.165) is 0 Å². The molecule has 8 heteroatoms. The van der Waals surface area contributed by atoms with Crippen LogP contribution in [0.2, 0.25) is 0 Å². The summed E-state index contributed by atoms with van der Waals surface area (Å²) in [5, 5.41) is 9.10. The van der Waals surface area contributed by atoms with Crippen LogP contribution in [-0.2, 0) is 20.5 Å². The van der Waals surface area contributed by atoms with Crippen molar-refractivity contribution < 1.29 is 17.9 Å². The molecule has 1 amide bonds. The smallest absolute Gasteiger partial charge is 0.410 e. The Balaban J connectivity index is 2.00. The molecule has 1 fully saturated rings. The molecule has 1 saturated heterocycles. The second kappa shape index (κ2) is 7.42. The number of amides is 1. The van der Waals surface area contributed by atoms with Crippen molar-refractivity contribution in [3.05, 3.63) is 35.4 Å². The zero-order valence-corrected chi connectivity index (χ0v) is 15.5. The molecular weight excluding hydrogens is 342 g/mol. The molecule has 1 aliphatic heterocycles. The third-order valence-electron chi connectivity index (χ3n) is 3.76. The SMILES string of the molecule is CC(C)(C)OC(=O)N1CCN(S(=O)(=O)Cc2ccccc2C#N)CC1. The van der Waals surface area contributed by atoms with Crippen molar-refractivity contribution in [3.63, 3.8) is 0 Å². The first-order valence-corrected chi connectivity index (χ1v) is 9.67. The summed E-state index contributed by atoms with van der Waals surface area (Å²) >= 11 is 0. The second-order valence-electron chi connectivity index (χ2n) is 6.89. The van der Waals surface area contributed by atoms with Gasteiger partial charge in [0.25, 0.3) is 0 Å². The Morgan fingerprint density at radius 3 is 2.36 bits per heavy atom. The molecule has 0 N–H and O–H groups in total. The Kier molecular flexibility index (Phi) is 5.70. The quantitative estimate of drug-likeness (QED) is 0.816. The zero-order chi connectivity index (χ0) is 18.7. The van der Waals surface area contributed by atoms with Crippen molar-refractivity contribution in [1.29, 1.82) is 5.26 Å². The summed E-state index contributed by atoms with van der Waals surface area (Å²) in [5.41, 5.74) is 0.263. The lowest BCUT2D eigenvalue weighted by molar-refractivity contribution is 0.0192. The summed E-state index contributed by atoms with van der Waals surface area (Å²) in [7, 11) is -3.55. The molecule has 136 valence electrons. The van der Waals surface area contributed by atoms with E-state index >= 15 is 0 Å². The van der Waals surface area contributed by atoms with E-state index in [2.05, 4.69) is 0 Å². The molecule has 0 aliphatic carbocycles. The number of rotatable bonds is 3. The number of piperazine rings is 1. The number of hydrogen-bond acceptors (Lipinski definition) is 5. The lowest BCUT2D eigenvalue weighted by Crippen LogP contribution is -2.51. The lowest BCUT2D eigenvalue weighted by Gasteiger charge is -2.35. The zero-order valence-electron chi connectivity index (χ0n) is 14.7. The summed E-state index contributed by atoms with van der Waals surface area (Å²) in [6.45, 7) is 6.38. The van der Waals surface area contributed by atoms with Gasteiger partial charge < -0.3 is 9.64 Å². The first kappa shape index (κ1) is 19.2. The van der Waals surface area contributed by atoms with Crippen molar-refractivity contribution in [3.8, 4) is 6.07 Å².